The molecule has 1 amide bonds. The van der Waals surface area contributed by atoms with Gasteiger partial charge in [0.05, 0.1) is 0 Å². The minimum absolute atomic E-state index is 0.00708. The first-order valence-corrected chi connectivity index (χ1v) is 5.30. The van der Waals surface area contributed by atoms with Crippen molar-refractivity contribution in [1.29, 1.82) is 0 Å². The summed E-state index contributed by atoms with van der Waals surface area (Å²) in [6.45, 7) is 3.83. The summed E-state index contributed by atoms with van der Waals surface area (Å²) in [5, 5.41) is 2.96. The maximum absolute atomic E-state index is 11.4. The third-order valence-corrected chi connectivity index (χ3v) is 2.57. The van der Waals surface area contributed by atoms with Crippen molar-refractivity contribution in [2.24, 2.45) is 5.73 Å². The van der Waals surface area contributed by atoms with Gasteiger partial charge in [-0.1, -0.05) is 18.4 Å². The molecule has 0 aromatic heterocycles. The molecule has 1 aliphatic rings. The number of nitrogens with two attached hydrogens (primary N) is 1. The van der Waals surface area contributed by atoms with E-state index in [2.05, 4.69) is 5.32 Å². The molecule has 0 aromatic rings. The highest BCUT2D eigenvalue weighted by Crippen LogP contribution is 2.16. The molecule has 0 aliphatic heterocycles. The lowest BCUT2D eigenvalue weighted by Crippen LogP contribution is -2.48. The first kappa shape index (κ1) is 11.2. The van der Waals surface area contributed by atoms with Crippen LogP contribution in [0, 0.1) is 0 Å². The van der Waals surface area contributed by atoms with Gasteiger partial charge in [0.2, 0.25) is 5.91 Å². The fraction of sp³-hybridized carbons (Fsp3) is 0.727. The minimum Gasteiger partial charge on any atom is -0.348 e. The molecule has 0 bridgehead atoms. The van der Waals surface area contributed by atoms with E-state index in [4.69, 9.17) is 5.73 Å². The van der Waals surface area contributed by atoms with Gasteiger partial charge in [-0.15, -0.1) is 0 Å². The molecule has 1 aliphatic carbocycles. The molecule has 3 nitrogen and oxygen atoms in total. The van der Waals surface area contributed by atoms with Crippen LogP contribution >= 0.6 is 0 Å². The van der Waals surface area contributed by atoms with E-state index in [9.17, 15) is 4.79 Å². The molecule has 2 atom stereocenters. The molecule has 14 heavy (non-hydrogen) atoms. The molecule has 3 heteroatoms. The van der Waals surface area contributed by atoms with Crippen molar-refractivity contribution in [3.63, 3.8) is 0 Å². The van der Waals surface area contributed by atoms with Gasteiger partial charge in [0.1, 0.15) is 0 Å². The molecule has 3 N–H and O–H groups in total. The highest BCUT2D eigenvalue weighted by Gasteiger charge is 2.22. The molecular formula is C11H20N2O. The zero-order valence-electron chi connectivity index (χ0n) is 9.05. The molecule has 0 aromatic carbocycles. The monoisotopic (exact) mass is 196 g/mol. The van der Waals surface area contributed by atoms with Crippen molar-refractivity contribution in [2.75, 3.05) is 0 Å². The van der Waals surface area contributed by atoms with Crippen LogP contribution in [0.2, 0.25) is 0 Å². The Morgan fingerprint density at radius 1 is 1.36 bits per heavy atom. The number of carbonyl (C=O) groups excluding carboxylic acids is 1. The highest BCUT2D eigenvalue weighted by atomic mass is 16.1. The van der Waals surface area contributed by atoms with Crippen LogP contribution in [-0.2, 0) is 4.79 Å². The summed E-state index contributed by atoms with van der Waals surface area (Å²) >= 11 is 0. The van der Waals surface area contributed by atoms with Gasteiger partial charge in [0.25, 0.3) is 0 Å². The quantitative estimate of drug-likeness (QED) is 0.655. The third-order valence-electron chi connectivity index (χ3n) is 2.57. The number of carbonyl (C=O) groups is 1. The Morgan fingerprint density at radius 2 is 2.00 bits per heavy atom. The summed E-state index contributed by atoms with van der Waals surface area (Å²) in [6, 6.07) is 0.310. The summed E-state index contributed by atoms with van der Waals surface area (Å²) in [5.41, 5.74) is 6.94. The van der Waals surface area contributed by atoms with E-state index in [0.717, 1.165) is 18.4 Å². The molecule has 0 heterocycles. The van der Waals surface area contributed by atoms with Crippen LogP contribution in [0.3, 0.4) is 0 Å². The predicted molar refractivity (Wildman–Crippen MR) is 57.8 cm³/mol. The second-order valence-electron chi connectivity index (χ2n) is 4.29. The summed E-state index contributed by atoms with van der Waals surface area (Å²) in [7, 11) is 0. The van der Waals surface area contributed by atoms with E-state index in [0.29, 0.717) is 0 Å². The number of hydrogen-bond acceptors (Lipinski definition) is 2. The Hall–Kier alpha value is -0.830. The van der Waals surface area contributed by atoms with E-state index < -0.39 is 0 Å². The summed E-state index contributed by atoms with van der Waals surface area (Å²) in [5.74, 6) is -0.00708. The second-order valence-corrected chi connectivity index (χ2v) is 4.29. The first-order chi connectivity index (χ1) is 6.59. The number of allylic oxidation sites excluding steroid dienone is 1. The highest BCUT2D eigenvalue weighted by molar-refractivity contribution is 5.88. The van der Waals surface area contributed by atoms with E-state index in [1.807, 2.05) is 13.8 Å². The van der Waals surface area contributed by atoms with E-state index in [1.165, 1.54) is 12.8 Å². The normalized spacial score (nSPS) is 26.8. The van der Waals surface area contributed by atoms with Crippen molar-refractivity contribution in [1.82, 2.24) is 5.32 Å². The second kappa shape index (κ2) is 5.15. The summed E-state index contributed by atoms with van der Waals surface area (Å²) in [6.07, 6.45) is 6.04. The third kappa shape index (κ3) is 3.50. The smallest absolute Gasteiger partial charge is 0.244 e. The van der Waals surface area contributed by atoms with Gasteiger partial charge >= 0.3 is 0 Å². The van der Waals surface area contributed by atoms with Crippen molar-refractivity contribution >= 4 is 5.91 Å². The van der Waals surface area contributed by atoms with Crippen LogP contribution < -0.4 is 11.1 Å². The van der Waals surface area contributed by atoms with Crippen LogP contribution in [0.5, 0.6) is 0 Å². The Bertz CT molecular complexity index is 231. The van der Waals surface area contributed by atoms with Gasteiger partial charge < -0.3 is 11.1 Å². The molecule has 80 valence electrons. The van der Waals surface area contributed by atoms with E-state index >= 15 is 0 Å². The molecule has 1 fully saturated rings. The molecule has 1 saturated carbocycles. The Balaban J connectivity index is 2.42. The van der Waals surface area contributed by atoms with Crippen molar-refractivity contribution < 1.29 is 4.79 Å². The predicted octanol–water partition coefficient (Wildman–Crippen LogP) is 1.34. The minimum atomic E-state index is -0.00708. The molecule has 0 spiro atoms. The van der Waals surface area contributed by atoms with Gasteiger partial charge in [0, 0.05) is 18.2 Å². The van der Waals surface area contributed by atoms with Crippen LogP contribution in [-0.4, -0.2) is 18.0 Å². The van der Waals surface area contributed by atoms with Crippen LogP contribution in [0.25, 0.3) is 0 Å². The largest absolute Gasteiger partial charge is 0.348 e. The molecule has 0 unspecified atom stereocenters. The lowest BCUT2D eigenvalue weighted by Gasteiger charge is -2.28. The zero-order valence-corrected chi connectivity index (χ0v) is 9.05. The number of rotatable bonds is 2. The van der Waals surface area contributed by atoms with Crippen LogP contribution in [0.4, 0.5) is 0 Å². The Morgan fingerprint density at radius 3 is 2.57 bits per heavy atom. The van der Waals surface area contributed by atoms with Crippen molar-refractivity contribution in [2.45, 2.75) is 51.6 Å². The molecular weight excluding hydrogens is 176 g/mol. The van der Waals surface area contributed by atoms with Gasteiger partial charge in [-0.2, -0.15) is 0 Å². The van der Waals surface area contributed by atoms with Crippen molar-refractivity contribution in [3.8, 4) is 0 Å². The maximum atomic E-state index is 11.4. The zero-order chi connectivity index (χ0) is 10.6. The van der Waals surface area contributed by atoms with Gasteiger partial charge in [-0.3, -0.25) is 4.79 Å². The van der Waals surface area contributed by atoms with E-state index in [-0.39, 0.29) is 18.0 Å². The Labute approximate surface area is 85.7 Å². The van der Waals surface area contributed by atoms with Gasteiger partial charge in [-0.25, -0.2) is 0 Å². The van der Waals surface area contributed by atoms with E-state index in [1.54, 1.807) is 6.08 Å². The van der Waals surface area contributed by atoms with Gasteiger partial charge in [0.15, 0.2) is 0 Å². The molecule has 0 saturated heterocycles. The number of amides is 1. The molecule has 0 radical (unpaired) electrons. The number of hydrogen-bond donors (Lipinski definition) is 2. The van der Waals surface area contributed by atoms with Crippen LogP contribution in [0.1, 0.15) is 39.5 Å². The lowest BCUT2D eigenvalue weighted by atomic mass is 9.91. The maximum Gasteiger partial charge on any atom is 0.244 e. The first-order valence-electron chi connectivity index (χ1n) is 5.30. The average molecular weight is 196 g/mol. The van der Waals surface area contributed by atoms with Crippen molar-refractivity contribution in [3.05, 3.63) is 11.6 Å². The fourth-order valence-electron chi connectivity index (χ4n) is 1.83. The summed E-state index contributed by atoms with van der Waals surface area (Å²) < 4.78 is 0. The number of nitrogens with one attached hydrogen (secondary N) is 1. The average Bonchev–Trinajstić information content (AvgIpc) is 2.07. The fourth-order valence-corrected chi connectivity index (χ4v) is 1.83. The Kier molecular flexibility index (Phi) is 4.14. The lowest BCUT2D eigenvalue weighted by molar-refractivity contribution is -0.117. The SMILES string of the molecule is CC(C)=CC(=O)N[C@@H]1CCCC[C@H]1N. The van der Waals surface area contributed by atoms with Gasteiger partial charge in [-0.05, 0) is 26.7 Å². The standard InChI is InChI=1S/C11H20N2O/c1-8(2)7-11(14)13-10-6-4-3-5-9(10)12/h7,9-10H,3-6,12H2,1-2H3,(H,13,14)/t9-,10-/m1/s1. The molecule has 1 rings (SSSR count). The topological polar surface area (TPSA) is 55.1 Å². The van der Waals surface area contributed by atoms with Crippen LogP contribution in [0.15, 0.2) is 11.6 Å². The summed E-state index contributed by atoms with van der Waals surface area (Å²) in [4.78, 5) is 11.4.